The molecule has 0 aromatic heterocycles. The molecule has 0 spiro atoms. The minimum atomic E-state index is 0.609. The van der Waals surface area contributed by atoms with Crippen LogP contribution < -0.4 is 10.1 Å². The highest BCUT2D eigenvalue weighted by molar-refractivity contribution is 9.10. The number of hydrogen-bond donors (Lipinski definition) is 1. The van der Waals surface area contributed by atoms with Crippen molar-refractivity contribution in [2.45, 2.75) is 0 Å². The fraction of sp³-hybridized carbons (Fsp3) is 0.0714. The number of ether oxygens (including phenoxy) is 1. The Hall–Kier alpha value is -1.51. The molecule has 0 heterocycles. The fourth-order valence-corrected chi connectivity index (χ4v) is 2.54. The molecular formula is C14H10Br2N2O. The van der Waals surface area contributed by atoms with Crippen molar-refractivity contribution in [2.24, 2.45) is 0 Å². The number of anilines is 2. The molecule has 2 aromatic rings. The van der Waals surface area contributed by atoms with Crippen molar-refractivity contribution >= 4 is 43.2 Å². The first-order chi connectivity index (χ1) is 9.12. The number of nitriles is 1. The maximum absolute atomic E-state index is 8.88. The highest BCUT2D eigenvalue weighted by Crippen LogP contribution is 2.28. The van der Waals surface area contributed by atoms with Gasteiger partial charge in [0.15, 0.2) is 0 Å². The lowest BCUT2D eigenvalue weighted by Crippen LogP contribution is -1.92. The lowest BCUT2D eigenvalue weighted by Gasteiger charge is -2.10. The molecule has 0 aliphatic heterocycles. The van der Waals surface area contributed by atoms with Crippen molar-refractivity contribution in [3.05, 3.63) is 50.9 Å². The standard InChI is InChI=1S/C14H10Br2N2O/c1-19-13-5-10(15)4-12(6-13)18-11-3-2-9(8-17)14(16)7-11/h2-7,18H,1H3. The van der Waals surface area contributed by atoms with Crippen molar-refractivity contribution in [3.8, 4) is 11.8 Å². The summed E-state index contributed by atoms with van der Waals surface area (Å²) in [6.07, 6.45) is 0. The average molecular weight is 382 g/mol. The molecule has 0 atom stereocenters. The topological polar surface area (TPSA) is 45.0 Å². The number of benzene rings is 2. The minimum Gasteiger partial charge on any atom is -0.497 e. The van der Waals surface area contributed by atoms with Crippen LogP contribution in [0.15, 0.2) is 45.3 Å². The summed E-state index contributed by atoms with van der Waals surface area (Å²) in [5.41, 5.74) is 2.41. The molecule has 96 valence electrons. The first-order valence-electron chi connectivity index (χ1n) is 5.43. The fourth-order valence-electron chi connectivity index (χ4n) is 1.60. The van der Waals surface area contributed by atoms with Crippen LogP contribution in [0.1, 0.15) is 5.56 Å². The molecule has 1 N–H and O–H groups in total. The second-order valence-electron chi connectivity index (χ2n) is 3.81. The summed E-state index contributed by atoms with van der Waals surface area (Å²) in [5.74, 6) is 0.768. The van der Waals surface area contributed by atoms with E-state index in [1.54, 1.807) is 13.2 Å². The van der Waals surface area contributed by atoms with Gasteiger partial charge in [0.05, 0.1) is 12.7 Å². The SMILES string of the molecule is COc1cc(Br)cc(Nc2ccc(C#N)c(Br)c2)c1. The molecule has 3 nitrogen and oxygen atoms in total. The summed E-state index contributed by atoms with van der Waals surface area (Å²) < 4.78 is 6.91. The molecule has 0 saturated carbocycles. The van der Waals surface area contributed by atoms with Gasteiger partial charge in [0.2, 0.25) is 0 Å². The van der Waals surface area contributed by atoms with Crippen LogP contribution in [0.5, 0.6) is 5.75 Å². The molecule has 0 saturated heterocycles. The Morgan fingerprint density at radius 2 is 1.89 bits per heavy atom. The van der Waals surface area contributed by atoms with E-state index in [-0.39, 0.29) is 0 Å². The van der Waals surface area contributed by atoms with E-state index in [2.05, 4.69) is 43.2 Å². The summed E-state index contributed by atoms with van der Waals surface area (Å²) >= 11 is 6.80. The lowest BCUT2D eigenvalue weighted by molar-refractivity contribution is 0.415. The van der Waals surface area contributed by atoms with Crippen LogP contribution in [0.4, 0.5) is 11.4 Å². The molecule has 0 aliphatic rings. The van der Waals surface area contributed by atoms with Crippen molar-refractivity contribution < 1.29 is 4.74 Å². The largest absolute Gasteiger partial charge is 0.497 e. The van der Waals surface area contributed by atoms with Crippen molar-refractivity contribution in [1.82, 2.24) is 0 Å². The maximum atomic E-state index is 8.88. The van der Waals surface area contributed by atoms with E-state index in [4.69, 9.17) is 10.00 Å². The highest BCUT2D eigenvalue weighted by atomic mass is 79.9. The van der Waals surface area contributed by atoms with Gasteiger partial charge in [0.1, 0.15) is 11.8 Å². The quantitative estimate of drug-likeness (QED) is 0.827. The second kappa shape index (κ2) is 6.09. The molecule has 5 heteroatoms. The van der Waals surface area contributed by atoms with Gasteiger partial charge >= 0.3 is 0 Å². The summed E-state index contributed by atoms with van der Waals surface area (Å²) in [7, 11) is 1.63. The van der Waals surface area contributed by atoms with Gasteiger partial charge in [-0.05, 0) is 46.3 Å². The van der Waals surface area contributed by atoms with E-state index in [1.807, 2.05) is 30.3 Å². The third kappa shape index (κ3) is 3.49. The number of methoxy groups -OCH3 is 1. The molecule has 0 fully saturated rings. The van der Waals surface area contributed by atoms with E-state index in [0.717, 1.165) is 26.1 Å². The van der Waals surface area contributed by atoms with Gasteiger partial charge in [-0.15, -0.1) is 0 Å². The Labute approximate surface area is 128 Å². The maximum Gasteiger partial charge on any atom is 0.122 e. The van der Waals surface area contributed by atoms with Gasteiger partial charge in [0, 0.05) is 26.4 Å². The van der Waals surface area contributed by atoms with Gasteiger partial charge in [0.25, 0.3) is 0 Å². The van der Waals surface area contributed by atoms with Crippen LogP contribution in [-0.4, -0.2) is 7.11 Å². The van der Waals surface area contributed by atoms with Crippen LogP contribution in [0, 0.1) is 11.3 Å². The number of nitrogens with zero attached hydrogens (tertiary/aromatic N) is 1. The van der Waals surface area contributed by atoms with Gasteiger partial charge in [-0.25, -0.2) is 0 Å². The van der Waals surface area contributed by atoms with Crippen molar-refractivity contribution in [3.63, 3.8) is 0 Å². The Kier molecular flexibility index (Phi) is 4.46. The normalized spacial score (nSPS) is 9.79. The van der Waals surface area contributed by atoms with Crippen molar-refractivity contribution in [1.29, 1.82) is 5.26 Å². The monoisotopic (exact) mass is 380 g/mol. The Morgan fingerprint density at radius 1 is 1.11 bits per heavy atom. The van der Waals surface area contributed by atoms with Crippen LogP contribution in [0.2, 0.25) is 0 Å². The van der Waals surface area contributed by atoms with Crippen LogP contribution in [0.25, 0.3) is 0 Å². The number of halogens is 2. The molecule has 2 rings (SSSR count). The smallest absolute Gasteiger partial charge is 0.122 e. The summed E-state index contributed by atoms with van der Waals surface area (Å²) in [6, 6.07) is 13.3. The number of nitrogens with one attached hydrogen (secondary N) is 1. The summed E-state index contributed by atoms with van der Waals surface area (Å²) in [4.78, 5) is 0. The highest BCUT2D eigenvalue weighted by Gasteiger charge is 2.03. The Bertz CT molecular complexity index is 650. The third-order valence-corrected chi connectivity index (χ3v) is 3.60. The minimum absolute atomic E-state index is 0.609. The van der Waals surface area contributed by atoms with Gasteiger partial charge in [-0.3, -0.25) is 0 Å². The zero-order chi connectivity index (χ0) is 13.8. The number of rotatable bonds is 3. The van der Waals surface area contributed by atoms with Crippen LogP contribution in [0.3, 0.4) is 0 Å². The molecule has 0 amide bonds. The average Bonchev–Trinajstić information content (AvgIpc) is 2.38. The van der Waals surface area contributed by atoms with E-state index >= 15 is 0 Å². The van der Waals surface area contributed by atoms with Gasteiger partial charge < -0.3 is 10.1 Å². The molecule has 0 unspecified atom stereocenters. The molecule has 0 radical (unpaired) electrons. The molecule has 19 heavy (non-hydrogen) atoms. The van der Waals surface area contributed by atoms with Gasteiger partial charge in [-0.2, -0.15) is 5.26 Å². The first kappa shape index (κ1) is 13.9. The van der Waals surface area contributed by atoms with Crippen LogP contribution >= 0.6 is 31.9 Å². The van der Waals surface area contributed by atoms with Crippen LogP contribution in [-0.2, 0) is 0 Å². The van der Waals surface area contributed by atoms with E-state index in [1.165, 1.54) is 0 Å². The zero-order valence-corrected chi connectivity index (χ0v) is 13.2. The molecule has 0 bridgehead atoms. The van der Waals surface area contributed by atoms with E-state index in [0.29, 0.717) is 5.56 Å². The number of hydrogen-bond acceptors (Lipinski definition) is 3. The predicted octanol–water partition coefficient (Wildman–Crippen LogP) is 4.84. The molecule has 2 aromatic carbocycles. The molecule has 0 aliphatic carbocycles. The molecular weight excluding hydrogens is 372 g/mol. The van der Waals surface area contributed by atoms with Gasteiger partial charge in [-0.1, -0.05) is 15.9 Å². The Balaban J connectivity index is 2.28. The summed E-state index contributed by atoms with van der Waals surface area (Å²) in [5, 5.41) is 12.1. The van der Waals surface area contributed by atoms with E-state index < -0.39 is 0 Å². The van der Waals surface area contributed by atoms with Crippen molar-refractivity contribution in [2.75, 3.05) is 12.4 Å². The van der Waals surface area contributed by atoms with E-state index in [9.17, 15) is 0 Å². The lowest BCUT2D eigenvalue weighted by atomic mass is 10.2. The Morgan fingerprint density at radius 3 is 2.53 bits per heavy atom. The first-order valence-corrected chi connectivity index (χ1v) is 7.02. The zero-order valence-electron chi connectivity index (χ0n) is 10.1. The predicted molar refractivity (Wildman–Crippen MR) is 82.8 cm³/mol. The third-order valence-electron chi connectivity index (χ3n) is 2.49. The second-order valence-corrected chi connectivity index (χ2v) is 5.58. The summed E-state index contributed by atoms with van der Waals surface area (Å²) in [6.45, 7) is 0.